The lowest BCUT2D eigenvalue weighted by atomic mass is 10.0. The number of amides is 1. The van der Waals surface area contributed by atoms with E-state index in [0.29, 0.717) is 64.1 Å². The number of aliphatic hydroxyl groups is 1. The normalized spacial score (nSPS) is 21.3. The standard InChI is InChI=1S/C22H29N5O4/c28-20(26-10-12-30-13-11-26)15-31-19-4-2-18(3-5-19)14-23-16-22(29)6-9-27(17-22)21-24-7-1-8-25-21/h1-5,7-8,23,29H,6,9-17H2/t22-/m0/s1. The van der Waals surface area contributed by atoms with Gasteiger partial charge in [-0.25, -0.2) is 9.97 Å². The average molecular weight is 428 g/mol. The maximum Gasteiger partial charge on any atom is 0.260 e. The Kier molecular flexibility index (Phi) is 6.96. The summed E-state index contributed by atoms with van der Waals surface area (Å²) >= 11 is 0. The first-order valence-corrected chi connectivity index (χ1v) is 10.6. The van der Waals surface area contributed by atoms with Crippen molar-refractivity contribution in [3.63, 3.8) is 0 Å². The number of nitrogens with zero attached hydrogens (tertiary/aromatic N) is 4. The molecule has 9 heteroatoms. The lowest BCUT2D eigenvalue weighted by Gasteiger charge is -2.26. The van der Waals surface area contributed by atoms with Crippen molar-refractivity contribution < 1.29 is 19.4 Å². The average Bonchev–Trinajstić information content (AvgIpc) is 3.21. The predicted molar refractivity (Wildman–Crippen MR) is 115 cm³/mol. The fourth-order valence-electron chi connectivity index (χ4n) is 3.82. The van der Waals surface area contributed by atoms with Gasteiger partial charge < -0.3 is 29.7 Å². The number of carbonyl (C=O) groups excluding carboxylic acids is 1. The number of anilines is 1. The van der Waals surface area contributed by atoms with Crippen molar-refractivity contribution in [2.24, 2.45) is 0 Å². The summed E-state index contributed by atoms with van der Waals surface area (Å²) in [4.78, 5) is 24.4. The van der Waals surface area contributed by atoms with E-state index in [2.05, 4.69) is 15.3 Å². The molecule has 2 aromatic rings. The quantitative estimate of drug-likeness (QED) is 0.626. The van der Waals surface area contributed by atoms with Crippen LogP contribution in [0.15, 0.2) is 42.7 Å². The molecule has 1 amide bonds. The predicted octanol–water partition coefficient (Wildman–Crippen LogP) is 0.445. The highest BCUT2D eigenvalue weighted by Crippen LogP contribution is 2.23. The van der Waals surface area contributed by atoms with Crippen LogP contribution in [0, 0.1) is 0 Å². The Balaban J connectivity index is 1.19. The van der Waals surface area contributed by atoms with Gasteiger partial charge in [0.25, 0.3) is 5.91 Å². The monoisotopic (exact) mass is 427 g/mol. The number of benzene rings is 1. The number of morpholine rings is 1. The molecule has 1 atom stereocenters. The second-order valence-corrected chi connectivity index (χ2v) is 7.97. The number of hydrogen-bond acceptors (Lipinski definition) is 8. The molecule has 1 aromatic heterocycles. The molecule has 0 bridgehead atoms. The molecule has 0 saturated carbocycles. The van der Waals surface area contributed by atoms with Gasteiger partial charge in [-0.05, 0) is 30.2 Å². The summed E-state index contributed by atoms with van der Waals surface area (Å²) in [6.07, 6.45) is 4.09. The molecule has 0 unspecified atom stereocenters. The Morgan fingerprint density at radius 3 is 2.65 bits per heavy atom. The molecular formula is C22H29N5O4. The molecule has 0 radical (unpaired) electrons. The Labute approximate surface area is 182 Å². The fraction of sp³-hybridized carbons (Fsp3) is 0.500. The first-order chi connectivity index (χ1) is 15.1. The van der Waals surface area contributed by atoms with Gasteiger partial charge in [0.15, 0.2) is 6.61 Å². The largest absolute Gasteiger partial charge is 0.484 e. The lowest BCUT2D eigenvalue weighted by molar-refractivity contribution is -0.137. The number of rotatable bonds is 8. The van der Waals surface area contributed by atoms with Crippen LogP contribution in [0.3, 0.4) is 0 Å². The van der Waals surface area contributed by atoms with E-state index in [0.717, 1.165) is 12.1 Å². The molecule has 0 spiro atoms. The highest BCUT2D eigenvalue weighted by molar-refractivity contribution is 5.77. The van der Waals surface area contributed by atoms with Crippen LogP contribution in [0.25, 0.3) is 0 Å². The van der Waals surface area contributed by atoms with Gasteiger partial charge in [-0.2, -0.15) is 0 Å². The summed E-state index contributed by atoms with van der Waals surface area (Å²) in [6, 6.07) is 9.44. The van der Waals surface area contributed by atoms with Gasteiger partial charge in [-0.3, -0.25) is 4.79 Å². The maximum absolute atomic E-state index is 12.1. The Morgan fingerprint density at radius 2 is 1.90 bits per heavy atom. The van der Waals surface area contributed by atoms with Crippen LogP contribution in [0.4, 0.5) is 5.95 Å². The van der Waals surface area contributed by atoms with E-state index in [4.69, 9.17) is 9.47 Å². The van der Waals surface area contributed by atoms with Crippen molar-refractivity contribution >= 4 is 11.9 Å². The molecule has 2 aliphatic rings. The molecular weight excluding hydrogens is 398 g/mol. The third-order valence-corrected chi connectivity index (χ3v) is 5.60. The molecule has 2 aliphatic heterocycles. The molecule has 3 heterocycles. The number of carbonyl (C=O) groups is 1. The van der Waals surface area contributed by atoms with Crippen LogP contribution in [-0.4, -0.2) is 84.0 Å². The summed E-state index contributed by atoms with van der Waals surface area (Å²) in [5.41, 5.74) is 0.277. The van der Waals surface area contributed by atoms with Crippen LogP contribution in [0.5, 0.6) is 5.75 Å². The van der Waals surface area contributed by atoms with Gasteiger partial charge in [0, 0.05) is 45.1 Å². The molecule has 2 saturated heterocycles. The zero-order valence-electron chi connectivity index (χ0n) is 17.6. The molecule has 2 N–H and O–H groups in total. The zero-order chi connectivity index (χ0) is 21.5. The highest BCUT2D eigenvalue weighted by atomic mass is 16.5. The summed E-state index contributed by atoms with van der Waals surface area (Å²) in [7, 11) is 0. The minimum Gasteiger partial charge on any atom is -0.484 e. The van der Waals surface area contributed by atoms with E-state index in [-0.39, 0.29) is 12.5 Å². The molecule has 0 aliphatic carbocycles. The second-order valence-electron chi connectivity index (χ2n) is 7.97. The third-order valence-electron chi connectivity index (χ3n) is 5.60. The molecule has 2 fully saturated rings. The summed E-state index contributed by atoms with van der Waals surface area (Å²) in [6.45, 7) is 4.81. The van der Waals surface area contributed by atoms with E-state index >= 15 is 0 Å². The van der Waals surface area contributed by atoms with Crippen LogP contribution in [-0.2, 0) is 16.1 Å². The second kappa shape index (κ2) is 10.0. The van der Waals surface area contributed by atoms with E-state index in [1.165, 1.54) is 0 Å². The van der Waals surface area contributed by atoms with Gasteiger partial charge in [-0.15, -0.1) is 0 Å². The van der Waals surface area contributed by atoms with Crippen molar-refractivity contribution in [3.8, 4) is 5.75 Å². The molecule has 4 rings (SSSR count). The first kappa shape index (κ1) is 21.5. The minimum atomic E-state index is -0.803. The fourth-order valence-corrected chi connectivity index (χ4v) is 3.82. The Hall–Kier alpha value is -2.75. The Morgan fingerprint density at radius 1 is 1.16 bits per heavy atom. The summed E-state index contributed by atoms with van der Waals surface area (Å²) in [5, 5.41) is 14.2. The van der Waals surface area contributed by atoms with Crippen LogP contribution < -0.4 is 15.0 Å². The van der Waals surface area contributed by atoms with Gasteiger partial charge in [0.05, 0.1) is 25.4 Å². The maximum atomic E-state index is 12.1. The SMILES string of the molecule is O=C(COc1ccc(CNC[C@@]2(O)CCN(c3ncccn3)C2)cc1)N1CCOCC1. The molecule has 31 heavy (non-hydrogen) atoms. The van der Waals surface area contributed by atoms with Crippen molar-refractivity contribution in [3.05, 3.63) is 48.3 Å². The minimum absolute atomic E-state index is 0.0196. The topological polar surface area (TPSA) is 100 Å². The molecule has 9 nitrogen and oxygen atoms in total. The smallest absolute Gasteiger partial charge is 0.260 e. The number of ether oxygens (including phenoxy) is 2. The highest BCUT2D eigenvalue weighted by Gasteiger charge is 2.36. The van der Waals surface area contributed by atoms with E-state index in [9.17, 15) is 9.90 Å². The van der Waals surface area contributed by atoms with E-state index in [1.807, 2.05) is 29.2 Å². The van der Waals surface area contributed by atoms with Gasteiger partial charge in [0.2, 0.25) is 5.95 Å². The van der Waals surface area contributed by atoms with Crippen molar-refractivity contribution in [1.29, 1.82) is 0 Å². The molecule has 166 valence electrons. The number of hydrogen-bond donors (Lipinski definition) is 2. The van der Waals surface area contributed by atoms with E-state index in [1.54, 1.807) is 23.4 Å². The first-order valence-electron chi connectivity index (χ1n) is 10.6. The van der Waals surface area contributed by atoms with Crippen LogP contribution >= 0.6 is 0 Å². The van der Waals surface area contributed by atoms with Crippen molar-refractivity contribution in [1.82, 2.24) is 20.2 Å². The number of β-amino-alcohol motifs (C(OH)–C–C–N with tert-alkyl or cyclic N) is 1. The molecule has 1 aromatic carbocycles. The zero-order valence-corrected chi connectivity index (χ0v) is 17.6. The summed E-state index contributed by atoms with van der Waals surface area (Å²) in [5.74, 6) is 1.30. The van der Waals surface area contributed by atoms with Gasteiger partial charge >= 0.3 is 0 Å². The summed E-state index contributed by atoms with van der Waals surface area (Å²) < 4.78 is 10.9. The third kappa shape index (κ3) is 5.90. The van der Waals surface area contributed by atoms with Gasteiger partial charge in [-0.1, -0.05) is 12.1 Å². The lowest BCUT2D eigenvalue weighted by Crippen LogP contribution is -2.43. The number of nitrogens with one attached hydrogen (secondary N) is 1. The van der Waals surface area contributed by atoms with Crippen LogP contribution in [0.2, 0.25) is 0 Å². The number of aromatic nitrogens is 2. The van der Waals surface area contributed by atoms with Crippen molar-refractivity contribution in [2.45, 2.75) is 18.6 Å². The van der Waals surface area contributed by atoms with Crippen molar-refractivity contribution in [2.75, 3.05) is 57.4 Å². The van der Waals surface area contributed by atoms with Crippen LogP contribution in [0.1, 0.15) is 12.0 Å². The Bertz CT molecular complexity index is 845. The van der Waals surface area contributed by atoms with Gasteiger partial charge in [0.1, 0.15) is 5.75 Å². The van der Waals surface area contributed by atoms with E-state index < -0.39 is 5.60 Å².